The number of methoxy groups -OCH3 is 2. The van der Waals surface area contributed by atoms with Gasteiger partial charge in [-0.3, -0.25) is 4.79 Å². The molecule has 20 heavy (non-hydrogen) atoms. The third-order valence-electron chi connectivity index (χ3n) is 4.08. The largest absolute Gasteiger partial charge is 0.497 e. The van der Waals surface area contributed by atoms with Crippen LogP contribution in [0.15, 0.2) is 18.2 Å². The first kappa shape index (κ1) is 14.7. The van der Waals surface area contributed by atoms with Gasteiger partial charge in [0.15, 0.2) is 0 Å². The van der Waals surface area contributed by atoms with Crippen LogP contribution in [-0.2, 0) is 0 Å². The molecule has 2 atom stereocenters. The Kier molecular flexibility index (Phi) is 4.88. The van der Waals surface area contributed by atoms with Crippen LogP contribution >= 0.6 is 0 Å². The Bertz CT molecular complexity index is 473. The van der Waals surface area contributed by atoms with Gasteiger partial charge in [0, 0.05) is 12.1 Å². The normalized spacial score (nSPS) is 22.1. The number of carbonyl (C=O) groups is 1. The van der Waals surface area contributed by atoms with Crippen molar-refractivity contribution in [3.8, 4) is 11.5 Å². The van der Waals surface area contributed by atoms with Crippen molar-refractivity contribution in [2.75, 3.05) is 14.2 Å². The minimum atomic E-state index is -0.0664. The van der Waals surface area contributed by atoms with E-state index in [0.29, 0.717) is 23.0 Å². The summed E-state index contributed by atoms with van der Waals surface area (Å²) in [5.41, 5.74) is 0.561. The van der Waals surface area contributed by atoms with Crippen molar-refractivity contribution in [1.29, 1.82) is 0 Å². The SMILES string of the molecule is COc1ccc(C(=O)N[C@H]2CCCC[C@@H]2C)c(OC)c1. The first-order valence-electron chi connectivity index (χ1n) is 7.18. The number of hydrogen-bond acceptors (Lipinski definition) is 3. The molecule has 1 aliphatic rings. The molecular formula is C16H23NO3. The Morgan fingerprint density at radius 1 is 1.20 bits per heavy atom. The summed E-state index contributed by atoms with van der Waals surface area (Å²) in [7, 11) is 3.16. The standard InChI is InChI=1S/C16H23NO3/c1-11-6-4-5-7-14(11)17-16(18)13-9-8-12(19-2)10-15(13)20-3/h8-11,14H,4-7H2,1-3H3,(H,17,18)/t11-,14-/m0/s1. The molecular weight excluding hydrogens is 254 g/mol. The summed E-state index contributed by atoms with van der Waals surface area (Å²) in [5, 5.41) is 3.14. The number of benzene rings is 1. The van der Waals surface area contributed by atoms with Crippen LogP contribution < -0.4 is 14.8 Å². The Balaban J connectivity index is 2.12. The molecule has 110 valence electrons. The summed E-state index contributed by atoms with van der Waals surface area (Å²) in [6, 6.07) is 5.53. The molecule has 1 aromatic rings. The van der Waals surface area contributed by atoms with E-state index in [1.54, 1.807) is 32.4 Å². The molecule has 1 aliphatic carbocycles. The molecule has 0 aromatic heterocycles. The van der Waals surface area contributed by atoms with Gasteiger partial charge in [0.2, 0.25) is 0 Å². The Hall–Kier alpha value is -1.71. The van der Waals surface area contributed by atoms with Gasteiger partial charge in [0.05, 0.1) is 19.8 Å². The van der Waals surface area contributed by atoms with Crippen molar-refractivity contribution < 1.29 is 14.3 Å². The molecule has 1 N–H and O–H groups in total. The van der Waals surface area contributed by atoms with Gasteiger partial charge in [-0.2, -0.15) is 0 Å². The molecule has 1 saturated carbocycles. The maximum atomic E-state index is 12.4. The minimum Gasteiger partial charge on any atom is -0.497 e. The first-order chi connectivity index (χ1) is 9.65. The van der Waals surface area contributed by atoms with E-state index in [0.717, 1.165) is 6.42 Å². The smallest absolute Gasteiger partial charge is 0.255 e. The molecule has 0 spiro atoms. The van der Waals surface area contributed by atoms with Crippen LogP contribution in [0.5, 0.6) is 11.5 Å². The molecule has 0 aliphatic heterocycles. The Morgan fingerprint density at radius 3 is 2.60 bits per heavy atom. The lowest BCUT2D eigenvalue weighted by atomic mass is 9.86. The highest BCUT2D eigenvalue weighted by atomic mass is 16.5. The topological polar surface area (TPSA) is 47.6 Å². The number of amides is 1. The summed E-state index contributed by atoms with van der Waals surface area (Å²) in [4.78, 5) is 12.4. The van der Waals surface area contributed by atoms with E-state index in [-0.39, 0.29) is 11.9 Å². The monoisotopic (exact) mass is 277 g/mol. The van der Waals surface area contributed by atoms with Crippen LogP contribution in [0.25, 0.3) is 0 Å². The van der Waals surface area contributed by atoms with E-state index >= 15 is 0 Å². The number of hydrogen-bond donors (Lipinski definition) is 1. The van der Waals surface area contributed by atoms with Crippen LogP contribution in [0, 0.1) is 5.92 Å². The van der Waals surface area contributed by atoms with Crippen molar-refractivity contribution in [3.05, 3.63) is 23.8 Å². The average molecular weight is 277 g/mol. The van der Waals surface area contributed by atoms with Crippen LogP contribution in [0.3, 0.4) is 0 Å². The fourth-order valence-electron chi connectivity index (χ4n) is 2.76. The van der Waals surface area contributed by atoms with E-state index < -0.39 is 0 Å². The lowest BCUT2D eigenvalue weighted by Crippen LogP contribution is -2.41. The molecule has 1 aromatic carbocycles. The number of rotatable bonds is 4. The summed E-state index contributed by atoms with van der Waals surface area (Å²) in [6.45, 7) is 2.20. The van der Waals surface area contributed by atoms with Gasteiger partial charge in [0.1, 0.15) is 11.5 Å². The molecule has 0 unspecified atom stereocenters. The van der Waals surface area contributed by atoms with Gasteiger partial charge in [-0.15, -0.1) is 0 Å². The molecule has 1 amide bonds. The fraction of sp³-hybridized carbons (Fsp3) is 0.562. The molecule has 0 saturated heterocycles. The van der Waals surface area contributed by atoms with Crippen LogP contribution in [-0.4, -0.2) is 26.2 Å². The zero-order chi connectivity index (χ0) is 14.5. The van der Waals surface area contributed by atoms with Gasteiger partial charge >= 0.3 is 0 Å². The number of ether oxygens (including phenoxy) is 2. The van der Waals surface area contributed by atoms with Crippen LogP contribution in [0.1, 0.15) is 43.0 Å². The lowest BCUT2D eigenvalue weighted by molar-refractivity contribution is 0.0907. The highest BCUT2D eigenvalue weighted by Crippen LogP contribution is 2.27. The predicted octanol–water partition coefficient (Wildman–Crippen LogP) is 3.01. The average Bonchev–Trinajstić information content (AvgIpc) is 2.48. The summed E-state index contributed by atoms with van der Waals surface area (Å²) < 4.78 is 10.4. The zero-order valence-electron chi connectivity index (χ0n) is 12.4. The fourth-order valence-corrected chi connectivity index (χ4v) is 2.76. The number of nitrogens with one attached hydrogen (secondary N) is 1. The van der Waals surface area contributed by atoms with Crippen molar-refractivity contribution in [2.45, 2.75) is 38.6 Å². The zero-order valence-corrected chi connectivity index (χ0v) is 12.4. The highest BCUT2D eigenvalue weighted by molar-refractivity contribution is 5.97. The Morgan fingerprint density at radius 2 is 1.95 bits per heavy atom. The predicted molar refractivity (Wildman–Crippen MR) is 78.4 cm³/mol. The summed E-state index contributed by atoms with van der Waals surface area (Å²) >= 11 is 0. The van der Waals surface area contributed by atoms with E-state index in [9.17, 15) is 4.79 Å². The molecule has 0 radical (unpaired) electrons. The second kappa shape index (κ2) is 6.64. The second-order valence-corrected chi connectivity index (χ2v) is 5.41. The van der Waals surface area contributed by atoms with Crippen molar-refractivity contribution in [3.63, 3.8) is 0 Å². The summed E-state index contributed by atoms with van der Waals surface area (Å²) in [6.07, 6.45) is 4.70. The van der Waals surface area contributed by atoms with Gasteiger partial charge in [0.25, 0.3) is 5.91 Å². The van der Waals surface area contributed by atoms with Crippen LogP contribution in [0.4, 0.5) is 0 Å². The maximum absolute atomic E-state index is 12.4. The molecule has 2 rings (SSSR count). The maximum Gasteiger partial charge on any atom is 0.255 e. The van der Waals surface area contributed by atoms with Gasteiger partial charge in [-0.25, -0.2) is 0 Å². The third-order valence-corrected chi connectivity index (χ3v) is 4.08. The van der Waals surface area contributed by atoms with E-state index in [1.807, 2.05) is 0 Å². The second-order valence-electron chi connectivity index (χ2n) is 5.41. The number of carbonyl (C=O) groups excluding carboxylic acids is 1. The lowest BCUT2D eigenvalue weighted by Gasteiger charge is -2.29. The molecule has 4 nitrogen and oxygen atoms in total. The van der Waals surface area contributed by atoms with Crippen molar-refractivity contribution >= 4 is 5.91 Å². The Labute approximate surface area is 120 Å². The quantitative estimate of drug-likeness (QED) is 0.920. The highest BCUT2D eigenvalue weighted by Gasteiger charge is 2.24. The third kappa shape index (κ3) is 3.24. The molecule has 0 heterocycles. The molecule has 0 bridgehead atoms. The van der Waals surface area contributed by atoms with Gasteiger partial charge in [-0.05, 0) is 30.9 Å². The van der Waals surface area contributed by atoms with E-state index in [2.05, 4.69) is 12.2 Å². The molecule has 1 fully saturated rings. The molecule has 4 heteroatoms. The van der Waals surface area contributed by atoms with E-state index in [4.69, 9.17) is 9.47 Å². The van der Waals surface area contributed by atoms with Gasteiger partial charge in [-0.1, -0.05) is 19.8 Å². The van der Waals surface area contributed by atoms with Crippen LogP contribution in [0.2, 0.25) is 0 Å². The minimum absolute atomic E-state index is 0.0664. The first-order valence-corrected chi connectivity index (χ1v) is 7.18. The van der Waals surface area contributed by atoms with Gasteiger partial charge < -0.3 is 14.8 Å². The summed E-state index contributed by atoms with van der Waals surface area (Å²) in [5.74, 6) is 1.70. The van der Waals surface area contributed by atoms with Crippen molar-refractivity contribution in [2.24, 2.45) is 5.92 Å². The van der Waals surface area contributed by atoms with Crippen molar-refractivity contribution in [1.82, 2.24) is 5.32 Å². The van der Waals surface area contributed by atoms with E-state index in [1.165, 1.54) is 19.3 Å².